The van der Waals surface area contributed by atoms with E-state index in [0.717, 1.165) is 67.7 Å². The van der Waals surface area contributed by atoms with Gasteiger partial charge in [0.05, 0.1) is 13.2 Å². The van der Waals surface area contributed by atoms with Crippen LogP contribution in [0.3, 0.4) is 0 Å². The van der Waals surface area contributed by atoms with Crippen molar-refractivity contribution in [2.75, 3.05) is 19.8 Å². The third-order valence-electron chi connectivity index (χ3n) is 8.76. The Hall–Kier alpha value is -0.900. The van der Waals surface area contributed by atoms with Crippen LogP contribution < -0.4 is 5.32 Å². The summed E-state index contributed by atoms with van der Waals surface area (Å²) in [6, 6.07) is 11.6. The van der Waals surface area contributed by atoms with E-state index in [1.807, 2.05) is 0 Å². The number of ether oxygens (including phenoxy) is 2. The molecule has 24 heavy (non-hydrogen) atoms. The normalized spacial score (nSPS) is 53.4. The van der Waals surface area contributed by atoms with E-state index in [0.29, 0.717) is 11.8 Å². The molecule has 1 aromatic rings. The van der Waals surface area contributed by atoms with Crippen LogP contribution >= 0.6 is 0 Å². The lowest BCUT2D eigenvalue weighted by atomic mass is 9.57. The zero-order valence-corrected chi connectivity index (χ0v) is 13.9. The smallest absolute Gasteiger partial charge is 0.175 e. The zero-order chi connectivity index (χ0) is 15.5. The highest BCUT2D eigenvalue weighted by Crippen LogP contribution is 2.86. The first-order valence-corrected chi connectivity index (χ1v) is 9.95. The first kappa shape index (κ1) is 13.3. The molecule has 0 radical (unpaired) electrons. The Labute approximate surface area is 143 Å². The molecule has 1 aromatic carbocycles. The minimum atomic E-state index is -0.149. The van der Waals surface area contributed by atoms with Crippen LogP contribution in [0.25, 0.3) is 0 Å². The van der Waals surface area contributed by atoms with Gasteiger partial charge in [-0.15, -0.1) is 0 Å². The van der Waals surface area contributed by atoms with Crippen molar-refractivity contribution in [3.63, 3.8) is 0 Å². The van der Waals surface area contributed by atoms with Crippen LogP contribution in [0.2, 0.25) is 0 Å². The van der Waals surface area contributed by atoms with E-state index in [1.165, 1.54) is 12.0 Å². The van der Waals surface area contributed by atoms with Gasteiger partial charge in [-0.2, -0.15) is 0 Å². The Morgan fingerprint density at radius 3 is 2.58 bits per heavy atom. The number of rotatable bonds is 4. The summed E-state index contributed by atoms with van der Waals surface area (Å²) in [4.78, 5) is 0. The molecule has 126 valence electrons. The van der Waals surface area contributed by atoms with Crippen molar-refractivity contribution < 1.29 is 9.47 Å². The summed E-state index contributed by atoms with van der Waals surface area (Å²) >= 11 is 0. The molecule has 9 atom stereocenters. The van der Waals surface area contributed by atoms with E-state index in [-0.39, 0.29) is 5.79 Å². The molecule has 1 N–H and O–H groups in total. The maximum atomic E-state index is 6.34. The molecule has 1 spiro atoms. The molecule has 5 aliphatic carbocycles. The second-order valence-electron chi connectivity index (χ2n) is 9.06. The Morgan fingerprint density at radius 2 is 1.75 bits per heavy atom. The molecule has 6 fully saturated rings. The highest BCUT2D eigenvalue weighted by molar-refractivity contribution is 5.34. The second-order valence-corrected chi connectivity index (χ2v) is 9.06. The summed E-state index contributed by atoms with van der Waals surface area (Å²) in [5.41, 5.74) is 1.45. The molecule has 3 nitrogen and oxygen atoms in total. The Balaban J connectivity index is 1.15. The van der Waals surface area contributed by atoms with E-state index >= 15 is 0 Å². The monoisotopic (exact) mass is 323 g/mol. The quantitative estimate of drug-likeness (QED) is 0.922. The van der Waals surface area contributed by atoms with E-state index in [2.05, 4.69) is 35.6 Å². The molecule has 6 aliphatic rings. The molecule has 0 aromatic heterocycles. The highest BCUT2D eigenvalue weighted by Gasteiger charge is 2.88. The molecular weight excluding hydrogens is 298 g/mol. The van der Waals surface area contributed by atoms with Crippen LogP contribution in [-0.2, 0) is 15.9 Å². The van der Waals surface area contributed by atoms with Gasteiger partial charge in [0, 0.05) is 17.9 Å². The summed E-state index contributed by atoms with van der Waals surface area (Å²) < 4.78 is 12.7. The van der Waals surface area contributed by atoms with Crippen molar-refractivity contribution in [1.82, 2.24) is 5.32 Å². The largest absolute Gasteiger partial charge is 0.347 e. The fourth-order valence-corrected chi connectivity index (χ4v) is 8.61. The topological polar surface area (TPSA) is 30.5 Å². The SMILES string of the molecule is c1ccc(CCN[C@@H]2[C@H]3[C@H]4[C@@H]5C[C@@H]6[C@H]4[C@H]3C3(OCCO3)[C@@H]6[C@@H]52)cc1. The van der Waals surface area contributed by atoms with E-state index < -0.39 is 0 Å². The van der Waals surface area contributed by atoms with Crippen molar-refractivity contribution in [2.45, 2.75) is 24.7 Å². The number of benzene rings is 1. The fraction of sp³-hybridized carbons (Fsp3) is 0.714. The average molecular weight is 323 g/mol. The number of hydrogen-bond donors (Lipinski definition) is 1. The predicted molar refractivity (Wildman–Crippen MR) is 89.1 cm³/mol. The molecular formula is C21H25NO2. The van der Waals surface area contributed by atoms with Gasteiger partial charge >= 0.3 is 0 Å². The second kappa shape index (κ2) is 4.25. The van der Waals surface area contributed by atoms with Crippen LogP contribution in [0.4, 0.5) is 0 Å². The van der Waals surface area contributed by atoms with Gasteiger partial charge < -0.3 is 14.8 Å². The minimum absolute atomic E-state index is 0.149. The van der Waals surface area contributed by atoms with Crippen LogP contribution in [-0.4, -0.2) is 31.6 Å². The molecule has 0 unspecified atom stereocenters. The maximum absolute atomic E-state index is 6.34. The molecule has 2 bridgehead atoms. The summed E-state index contributed by atoms with van der Waals surface area (Å²) in [7, 11) is 0. The predicted octanol–water partition coefficient (Wildman–Crippen LogP) is 2.32. The molecule has 7 rings (SSSR count). The Bertz CT molecular complexity index is 684. The van der Waals surface area contributed by atoms with Gasteiger partial charge in [-0.25, -0.2) is 0 Å². The van der Waals surface area contributed by atoms with E-state index in [4.69, 9.17) is 9.47 Å². The summed E-state index contributed by atoms with van der Waals surface area (Å²) in [5, 5.41) is 4.00. The Morgan fingerprint density at radius 1 is 0.917 bits per heavy atom. The van der Waals surface area contributed by atoms with E-state index in [1.54, 1.807) is 0 Å². The van der Waals surface area contributed by atoms with Crippen LogP contribution in [0.1, 0.15) is 12.0 Å². The van der Waals surface area contributed by atoms with Gasteiger partial charge in [-0.1, -0.05) is 30.3 Å². The molecule has 1 aliphatic heterocycles. The van der Waals surface area contributed by atoms with Crippen molar-refractivity contribution in [3.05, 3.63) is 35.9 Å². The van der Waals surface area contributed by atoms with Gasteiger partial charge in [0.2, 0.25) is 0 Å². The number of fused-ring (bicyclic) bond motifs is 4. The van der Waals surface area contributed by atoms with Gasteiger partial charge in [0.15, 0.2) is 5.79 Å². The van der Waals surface area contributed by atoms with Crippen molar-refractivity contribution in [3.8, 4) is 0 Å². The lowest BCUT2D eigenvalue weighted by Gasteiger charge is -2.54. The third kappa shape index (κ3) is 1.26. The van der Waals surface area contributed by atoms with Gasteiger partial charge in [0.1, 0.15) is 0 Å². The molecule has 0 amide bonds. The minimum Gasteiger partial charge on any atom is -0.347 e. The Kier molecular flexibility index (Phi) is 2.36. The van der Waals surface area contributed by atoms with Gasteiger partial charge in [-0.3, -0.25) is 0 Å². The average Bonchev–Trinajstić information content (AvgIpc) is 3.27. The van der Waals surface area contributed by atoms with Crippen molar-refractivity contribution >= 4 is 0 Å². The first-order chi connectivity index (χ1) is 11.9. The van der Waals surface area contributed by atoms with E-state index in [9.17, 15) is 0 Å². The van der Waals surface area contributed by atoms with Gasteiger partial charge in [0.25, 0.3) is 0 Å². The van der Waals surface area contributed by atoms with Crippen molar-refractivity contribution in [1.29, 1.82) is 0 Å². The zero-order valence-electron chi connectivity index (χ0n) is 13.9. The number of hydrogen-bond acceptors (Lipinski definition) is 3. The third-order valence-corrected chi connectivity index (χ3v) is 8.76. The highest BCUT2D eigenvalue weighted by atomic mass is 16.7. The lowest BCUT2D eigenvalue weighted by Crippen LogP contribution is -2.62. The van der Waals surface area contributed by atoms with Crippen LogP contribution in [0.5, 0.6) is 0 Å². The van der Waals surface area contributed by atoms with Crippen LogP contribution in [0.15, 0.2) is 30.3 Å². The van der Waals surface area contributed by atoms with Gasteiger partial charge in [-0.05, 0) is 60.5 Å². The molecule has 5 saturated carbocycles. The molecule has 3 heteroatoms. The summed E-state index contributed by atoms with van der Waals surface area (Å²) in [5.74, 6) is 6.77. The molecule has 1 saturated heterocycles. The molecule has 1 heterocycles. The number of nitrogens with one attached hydrogen (secondary N) is 1. The fourth-order valence-electron chi connectivity index (χ4n) is 8.61. The van der Waals surface area contributed by atoms with Crippen LogP contribution in [0, 0.1) is 47.3 Å². The lowest BCUT2D eigenvalue weighted by molar-refractivity contribution is -0.264. The summed E-state index contributed by atoms with van der Waals surface area (Å²) in [6.45, 7) is 2.77. The van der Waals surface area contributed by atoms with Crippen molar-refractivity contribution in [2.24, 2.45) is 47.3 Å². The standard InChI is InChI=1S/C21H25NO2/c1-2-4-11(5-3-1)6-7-22-20-16-12-10-13-15-14(12)17(20)19(15)21(18(13)16)23-8-9-24-21/h1-5,12-20,22H,6-10H2/t12-,13+,14-,15+,16+,17-,18-,19+,20-/m0/s1. The summed E-state index contributed by atoms with van der Waals surface area (Å²) in [6.07, 6.45) is 2.62. The maximum Gasteiger partial charge on any atom is 0.175 e. The first-order valence-electron chi connectivity index (χ1n) is 9.95.